The first kappa shape index (κ1) is 28.4. The lowest BCUT2D eigenvalue weighted by Crippen LogP contribution is -2.65. The van der Waals surface area contributed by atoms with Gasteiger partial charge in [-0.3, -0.25) is 9.59 Å². The number of benzene rings is 1. The van der Waals surface area contributed by atoms with Crippen LogP contribution in [-0.2, 0) is 9.59 Å². The molecule has 1 aromatic heterocycles. The van der Waals surface area contributed by atoms with Gasteiger partial charge in [0.25, 0.3) is 0 Å². The van der Waals surface area contributed by atoms with Gasteiger partial charge in [0.05, 0.1) is 10.8 Å². The molecular formula is C26H37IN2O4Si. The van der Waals surface area contributed by atoms with E-state index >= 15 is 0 Å². The summed E-state index contributed by atoms with van der Waals surface area (Å²) in [7, 11) is -2.85. The van der Waals surface area contributed by atoms with Crippen molar-refractivity contribution in [2.45, 2.75) is 80.3 Å². The van der Waals surface area contributed by atoms with Gasteiger partial charge in [-0.25, -0.2) is 9.97 Å². The van der Waals surface area contributed by atoms with Crippen molar-refractivity contribution in [2.75, 3.05) is 0 Å². The van der Waals surface area contributed by atoms with Crippen molar-refractivity contribution in [3.05, 3.63) is 34.2 Å². The number of carbonyl (C=O) groups excluding carboxylic acids is 2. The van der Waals surface area contributed by atoms with E-state index in [9.17, 15) is 9.59 Å². The van der Waals surface area contributed by atoms with Gasteiger partial charge in [0.1, 0.15) is 16.9 Å². The fourth-order valence-electron chi connectivity index (χ4n) is 4.02. The lowest BCUT2D eigenvalue weighted by molar-refractivity contribution is -0.143. The van der Waals surface area contributed by atoms with Crippen LogP contribution in [0.4, 0.5) is 0 Å². The van der Waals surface area contributed by atoms with Crippen LogP contribution in [0.2, 0.25) is 11.1 Å². The summed E-state index contributed by atoms with van der Waals surface area (Å²) < 4.78 is 12.9. The van der Waals surface area contributed by atoms with Crippen molar-refractivity contribution in [1.29, 1.82) is 0 Å². The first-order chi connectivity index (χ1) is 15.5. The molecule has 2 rings (SSSR count). The molecule has 0 atom stereocenters. The minimum Gasteiger partial charge on any atom is -0.426 e. The lowest BCUT2D eigenvalue weighted by atomic mass is 9.97. The Balaban J connectivity index is 2.99. The second-order valence-electron chi connectivity index (χ2n) is 11.3. The normalized spacial score (nSPS) is 12.7. The highest BCUT2D eigenvalue weighted by Gasteiger charge is 2.51. The van der Waals surface area contributed by atoms with E-state index in [4.69, 9.17) is 19.4 Å². The highest BCUT2D eigenvalue weighted by atomic mass is 127. The maximum Gasteiger partial charge on any atom is 0.316 e. The van der Waals surface area contributed by atoms with Crippen LogP contribution >= 0.6 is 22.6 Å². The molecule has 0 N–H and O–H groups in total. The van der Waals surface area contributed by atoms with E-state index in [-0.39, 0.29) is 23.0 Å². The number of halogens is 1. The van der Waals surface area contributed by atoms with Crippen molar-refractivity contribution in [2.24, 2.45) is 10.8 Å². The number of hydrogen-bond acceptors (Lipinski definition) is 6. The molecule has 0 bridgehead atoms. The third kappa shape index (κ3) is 5.87. The Kier molecular flexibility index (Phi) is 8.72. The summed E-state index contributed by atoms with van der Waals surface area (Å²) in [5.74, 6) is 0.136. The van der Waals surface area contributed by atoms with Gasteiger partial charge in [0, 0.05) is 21.2 Å². The van der Waals surface area contributed by atoms with Crippen molar-refractivity contribution >= 4 is 53.2 Å². The molecule has 0 unspecified atom stereocenters. The van der Waals surface area contributed by atoms with Crippen molar-refractivity contribution in [3.63, 3.8) is 0 Å². The maximum atomic E-state index is 13.0. The molecule has 0 fully saturated rings. The molecule has 2 aromatic rings. The average Bonchev–Trinajstić information content (AvgIpc) is 2.69. The van der Waals surface area contributed by atoms with Gasteiger partial charge in [0.15, 0.2) is 8.07 Å². The van der Waals surface area contributed by atoms with Gasteiger partial charge < -0.3 is 9.47 Å². The number of aromatic nitrogens is 2. The first-order valence-electron chi connectivity index (χ1n) is 11.6. The quantitative estimate of drug-likeness (QED) is 0.193. The molecule has 0 saturated carbocycles. The van der Waals surface area contributed by atoms with E-state index < -0.39 is 18.9 Å². The second-order valence-corrected chi connectivity index (χ2v) is 17.5. The highest BCUT2D eigenvalue weighted by molar-refractivity contribution is 14.1. The van der Waals surface area contributed by atoms with E-state index in [1.165, 1.54) is 0 Å². The van der Waals surface area contributed by atoms with Crippen LogP contribution in [-0.4, -0.2) is 30.0 Å². The fraction of sp³-hybridized carbons (Fsp3) is 0.538. The van der Waals surface area contributed by atoms with Gasteiger partial charge in [0.2, 0.25) is 0 Å². The van der Waals surface area contributed by atoms with Crippen LogP contribution in [0, 0.1) is 14.4 Å². The number of hydrogen-bond donors (Lipinski definition) is 0. The van der Waals surface area contributed by atoms with Crippen molar-refractivity contribution < 1.29 is 19.1 Å². The van der Waals surface area contributed by atoms with Gasteiger partial charge in [-0.1, -0.05) is 27.7 Å². The molecule has 0 spiro atoms. The van der Waals surface area contributed by atoms with Gasteiger partial charge in [-0.2, -0.15) is 0 Å². The zero-order valence-electron chi connectivity index (χ0n) is 21.9. The average molecular weight is 597 g/mol. The van der Waals surface area contributed by atoms with E-state index in [0.717, 1.165) is 14.2 Å². The SMILES string of the molecule is CC(C)[Si](c1ncccn1)(c1c(OC(=O)C(C)(C)C)cc(I)cc1OC(=O)C(C)(C)C)C(C)C. The number of nitrogens with zero attached hydrogens (tertiary/aromatic N) is 2. The van der Waals surface area contributed by atoms with Crippen LogP contribution in [0.1, 0.15) is 69.2 Å². The molecule has 1 aromatic carbocycles. The van der Waals surface area contributed by atoms with Gasteiger partial charge >= 0.3 is 11.9 Å². The summed E-state index contributed by atoms with van der Waals surface area (Å²) in [6, 6.07) is 5.49. The van der Waals surface area contributed by atoms with Crippen LogP contribution in [0.25, 0.3) is 0 Å². The highest BCUT2D eigenvalue weighted by Crippen LogP contribution is 2.38. The topological polar surface area (TPSA) is 78.4 Å². The predicted molar refractivity (Wildman–Crippen MR) is 147 cm³/mol. The predicted octanol–water partition coefficient (Wildman–Crippen LogP) is 5.37. The number of rotatable bonds is 6. The molecule has 0 aliphatic carbocycles. The molecule has 6 nitrogen and oxygen atoms in total. The number of esters is 2. The molecule has 0 radical (unpaired) electrons. The molecule has 1 heterocycles. The molecule has 0 saturated heterocycles. The Morgan fingerprint density at radius 3 is 1.53 bits per heavy atom. The molecule has 0 aliphatic heterocycles. The minimum absolute atomic E-state index is 0.120. The third-order valence-electron chi connectivity index (χ3n) is 5.83. The number of ether oxygens (including phenoxy) is 2. The Morgan fingerprint density at radius 2 is 1.21 bits per heavy atom. The van der Waals surface area contributed by atoms with E-state index in [1.807, 2.05) is 53.7 Å². The molecular weight excluding hydrogens is 559 g/mol. The Hall–Kier alpha value is -1.81. The Bertz CT molecular complexity index is 984. The number of carbonyl (C=O) groups is 2. The molecule has 0 aliphatic rings. The zero-order valence-corrected chi connectivity index (χ0v) is 25.1. The monoisotopic (exact) mass is 596 g/mol. The van der Waals surface area contributed by atoms with Crippen LogP contribution in [0.5, 0.6) is 11.5 Å². The zero-order chi connectivity index (χ0) is 26.1. The summed E-state index contributed by atoms with van der Waals surface area (Å²) in [6.07, 6.45) is 3.48. The van der Waals surface area contributed by atoms with Crippen molar-refractivity contribution in [3.8, 4) is 11.5 Å². The summed E-state index contributed by atoms with van der Waals surface area (Å²) in [4.78, 5) is 35.5. The molecule has 34 heavy (non-hydrogen) atoms. The largest absolute Gasteiger partial charge is 0.426 e. The smallest absolute Gasteiger partial charge is 0.316 e. The molecule has 0 amide bonds. The second kappa shape index (κ2) is 10.4. The summed E-state index contributed by atoms with van der Waals surface area (Å²) in [5.41, 5.74) is -0.445. The molecule has 8 heteroatoms. The maximum absolute atomic E-state index is 13.0. The van der Waals surface area contributed by atoms with Crippen LogP contribution in [0.15, 0.2) is 30.6 Å². The summed E-state index contributed by atoms with van der Waals surface area (Å²) in [6.45, 7) is 19.5. The Labute approximate surface area is 218 Å². The van der Waals surface area contributed by atoms with Crippen LogP contribution in [0.3, 0.4) is 0 Å². The van der Waals surface area contributed by atoms with E-state index in [0.29, 0.717) is 11.5 Å². The lowest BCUT2D eigenvalue weighted by Gasteiger charge is -2.39. The Morgan fingerprint density at radius 1 is 0.824 bits per heavy atom. The van der Waals surface area contributed by atoms with Crippen molar-refractivity contribution in [1.82, 2.24) is 9.97 Å². The summed E-state index contributed by atoms with van der Waals surface area (Å²) in [5, 5.41) is 0.749. The van der Waals surface area contributed by atoms with Crippen LogP contribution < -0.4 is 20.1 Å². The van der Waals surface area contributed by atoms with Gasteiger partial charge in [-0.15, -0.1) is 0 Å². The van der Waals surface area contributed by atoms with Gasteiger partial charge in [-0.05, 0) is 93.4 Å². The van der Waals surface area contributed by atoms with E-state index in [1.54, 1.807) is 18.5 Å². The minimum atomic E-state index is -2.85. The standard InChI is InChI=1S/C26H37IN2O4Si/c1-16(2)34(17(3)4,24-28-12-11-13-29-24)21-19(32-22(30)25(5,6)7)14-18(27)15-20(21)33-23(31)26(8,9)10/h11-17H,1-10H3. The summed E-state index contributed by atoms with van der Waals surface area (Å²) >= 11 is 2.16. The third-order valence-corrected chi connectivity index (χ3v) is 12.4. The molecule has 186 valence electrons. The van der Waals surface area contributed by atoms with E-state index in [2.05, 4.69) is 50.3 Å². The fourth-order valence-corrected chi connectivity index (χ4v) is 9.97. The first-order valence-corrected chi connectivity index (χ1v) is 14.8.